The van der Waals surface area contributed by atoms with E-state index in [9.17, 15) is 13.2 Å². The summed E-state index contributed by atoms with van der Waals surface area (Å²) < 4.78 is 27.4. The summed E-state index contributed by atoms with van der Waals surface area (Å²) in [6.07, 6.45) is 2.93. The number of piperidine rings is 1. The van der Waals surface area contributed by atoms with Crippen molar-refractivity contribution in [1.82, 2.24) is 15.2 Å². The molecule has 0 aliphatic carbocycles. The number of sulfonamides is 1. The molecule has 3 aromatic heterocycles. The van der Waals surface area contributed by atoms with Gasteiger partial charge in [0.15, 0.2) is 10.9 Å². The summed E-state index contributed by atoms with van der Waals surface area (Å²) in [6, 6.07) is 14.1. The highest BCUT2D eigenvalue weighted by Crippen LogP contribution is 2.26. The highest BCUT2D eigenvalue weighted by molar-refractivity contribution is 7.93. The third-order valence-electron chi connectivity index (χ3n) is 5.70. The maximum atomic E-state index is 12.8. The van der Waals surface area contributed by atoms with Crippen molar-refractivity contribution in [2.24, 2.45) is 5.92 Å². The molecule has 1 saturated heterocycles. The van der Waals surface area contributed by atoms with Crippen molar-refractivity contribution in [3.63, 3.8) is 0 Å². The van der Waals surface area contributed by atoms with Gasteiger partial charge in [-0.25, -0.2) is 13.4 Å². The normalized spacial score (nSPS) is 14.6. The van der Waals surface area contributed by atoms with Crippen LogP contribution in [0.3, 0.4) is 0 Å². The van der Waals surface area contributed by atoms with Crippen LogP contribution in [0.1, 0.15) is 12.8 Å². The lowest BCUT2D eigenvalue weighted by Gasteiger charge is -2.31. The van der Waals surface area contributed by atoms with Gasteiger partial charge >= 0.3 is 0 Å². The largest absolute Gasteiger partial charge is 0.355 e. The van der Waals surface area contributed by atoms with Crippen molar-refractivity contribution >= 4 is 55.2 Å². The van der Waals surface area contributed by atoms with Crippen LogP contribution >= 0.6 is 22.7 Å². The molecule has 9 nitrogen and oxygen atoms in total. The molecule has 0 spiro atoms. The van der Waals surface area contributed by atoms with Crippen molar-refractivity contribution < 1.29 is 13.2 Å². The van der Waals surface area contributed by atoms with Gasteiger partial charge in [-0.2, -0.15) is 0 Å². The predicted molar refractivity (Wildman–Crippen MR) is 138 cm³/mol. The number of carbonyl (C=O) groups excluding carboxylic acids is 1. The molecule has 0 unspecified atom stereocenters. The highest BCUT2D eigenvalue weighted by Gasteiger charge is 2.26. The number of nitrogens with one attached hydrogen (secondary N) is 2. The minimum Gasteiger partial charge on any atom is -0.355 e. The van der Waals surface area contributed by atoms with E-state index < -0.39 is 10.0 Å². The Kier molecular flexibility index (Phi) is 6.75. The van der Waals surface area contributed by atoms with Gasteiger partial charge in [-0.3, -0.25) is 9.52 Å². The fraction of sp³-hybridized carbons (Fsp3) is 0.217. The van der Waals surface area contributed by atoms with Crippen LogP contribution in [0.25, 0.3) is 10.6 Å². The van der Waals surface area contributed by atoms with E-state index in [-0.39, 0.29) is 16.7 Å². The van der Waals surface area contributed by atoms with E-state index >= 15 is 0 Å². The van der Waals surface area contributed by atoms with E-state index in [4.69, 9.17) is 0 Å². The van der Waals surface area contributed by atoms with Crippen LogP contribution in [0.15, 0.2) is 70.4 Å². The first-order valence-electron chi connectivity index (χ1n) is 10.9. The summed E-state index contributed by atoms with van der Waals surface area (Å²) in [5, 5.41) is 15.6. The summed E-state index contributed by atoms with van der Waals surface area (Å²) >= 11 is 2.83. The minimum absolute atomic E-state index is 0.0692. The molecule has 1 aliphatic rings. The molecule has 2 N–H and O–H groups in total. The molecule has 1 fully saturated rings. The van der Waals surface area contributed by atoms with Gasteiger partial charge in [-0.15, -0.1) is 32.9 Å². The molecular formula is C23H22N6O3S3. The molecule has 0 atom stereocenters. The van der Waals surface area contributed by atoms with E-state index in [1.807, 2.05) is 29.6 Å². The molecule has 0 bridgehead atoms. The van der Waals surface area contributed by atoms with Gasteiger partial charge in [0.05, 0.1) is 9.77 Å². The van der Waals surface area contributed by atoms with E-state index in [1.165, 1.54) is 29.7 Å². The fourth-order valence-electron chi connectivity index (χ4n) is 3.83. The molecule has 1 aliphatic heterocycles. The van der Waals surface area contributed by atoms with E-state index in [2.05, 4.69) is 30.1 Å². The van der Waals surface area contributed by atoms with Gasteiger partial charge in [0.2, 0.25) is 5.91 Å². The number of thiophene rings is 1. The molecule has 0 radical (unpaired) electrons. The van der Waals surface area contributed by atoms with Crippen molar-refractivity contribution in [3.8, 4) is 10.6 Å². The first-order valence-corrected chi connectivity index (χ1v) is 14.2. The number of aromatic nitrogens is 3. The van der Waals surface area contributed by atoms with Crippen LogP contribution in [0, 0.1) is 5.92 Å². The van der Waals surface area contributed by atoms with Gasteiger partial charge in [0.25, 0.3) is 10.0 Å². The summed E-state index contributed by atoms with van der Waals surface area (Å²) in [6.45, 7) is 1.43. The van der Waals surface area contributed by atoms with E-state index in [0.717, 1.165) is 16.4 Å². The Hall–Kier alpha value is -3.35. The number of hydrogen-bond donors (Lipinski definition) is 2. The van der Waals surface area contributed by atoms with Crippen LogP contribution in [0.4, 0.5) is 16.6 Å². The number of nitrogens with zero attached hydrogens (tertiary/aromatic N) is 4. The van der Waals surface area contributed by atoms with Gasteiger partial charge in [-0.05, 0) is 60.7 Å². The Morgan fingerprint density at radius 2 is 1.77 bits per heavy atom. The second kappa shape index (κ2) is 10.1. The van der Waals surface area contributed by atoms with Crippen molar-refractivity contribution in [3.05, 3.63) is 65.5 Å². The fourth-order valence-corrected chi connectivity index (χ4v) is 6.31. The van der Waals surface area contributed by atoms with Crippen LogP contribution in [-0.2, 0) is 14.8 Å². The highest BCUT2D eigenvalue weighted by atomic mass is 32.2. The Labute approximate surface area is 210 Å². The first-order chi connectivity index (χ1) is 17.0. The monoisotopic (exact) mass is 526 g/mol. The first kappa shape index (κ1) is 23.4. The molecule has 4 aromatic rings. The quantitative estimate of drug-likeness (QED) is 0.368. The summed E-state index contributed by atoms with van der Waals surface area (Å²) in [4.78, 5) is 20.1. The number of carbonyl (C=O) groups is 1. The van der Waals surface area contributed by atoms with Crippen LogP contribution in [-0.4, -0.2) is 42.6 Å². The minimum atomic E-state index is -3.73. The molecule has 1 aromatic carbocycles. The number of benzene rings is 1. The van der Waals surface area contributed by atoms with Crippen molar-refractivity contribution in [2.75, 3.05) is 28.0 Å². The zero-order chi connectivity index (χ0) is 24.3. The molecule has 5 rings (SSSR count). The smallest absolute Gasteiger partial charge is 0.263 e. The Morgan fingerprint density at radius 1 is 0.971 bits per heavy atom. The molecule has 1 amide bonds. The second-order valence-electron chi connectivity index (χ2n) is 7.97. The standard InChI is InChI=1S/C23H22N6O3S3/c30-22(25-17-3-5-18(6-4-17)35(31,32)28-23-24-11-15-34-23)16-9-12-29(13-10-16)21-8-7-19(26-27-21)20-2-1-14-33-20/h1-8,11,14-16H,9-10,12-13H2,(H,24,28)(H,25,30). The third-order valence-corrected chi connectivity index (χ3v) is 8.76. The number of thiazole rings is 1. The molecule has 0 saturated carbocycles. The lowest BCUT2D eigenvalue weighted by Crippen LogP contribution is -2.38. The molecule has 4 heterocycles. The number of anilines is 3. The molecular weight excluding hydrogens is 504 g/mol. The Bertz CT molecular complexity index is 1370. The second-order valence-corrected chi connectivity index (χ2v) is 11.5. The van der Waals surface area contributed by atoms with Gasteiger partial charge in [0.1, 0.15) is 5.69 Å². The SMILES string of the molecule is O=C(Nc1ccc(S(=O)(=O)Nc2nccs2)cc1)C1CCN(c2ccc(-c3cccs3)nn2)CC1. The lowest BCUT2D eigenvalue weighted by atomic mass is 9.96. The molecule has 35 heavy (non-hydrogen) atoms. The van der Waals surface area contributed by atoms with E-state index in [0.29, 0.717) is 36.8 Å². The number of rotatable bonds is 7. The average molecular weight is 527 g/mol. The Balaban J connectivity index is 1.14. The van der Waals surface area contributed by atoms with E-state index in [1.54, 1.807) is 28.8 Å². The van der Waals surface area contributed by atoms with Gasteiger partial charge < -0.3 is 10.2 Å². The summed E-state index contributed by atoms with van der Waals surface area (Å²) in [7, 11) is -3.73. The van der Waals surface area contributed by atoms with Crippen molar-refractivity contribution in [1.29, 1.82) is 0 Å². The molecule has 180 valence electrons. The molecule has 12 heteroatoms. The maximum Gasteiger partial charge on any atom is 0.263 e. The van der Waals surface area contributed by atoms with Crippen LogP contribution in [0.5, 0.6) is 0 Å². The predicted octanol–water partition coefficient (Wildman–Crippen LogP) is 4.32. The van der Waals surface area contributed by atoms with Crippen molar-refractivity contribution in [2.45, 2.75) is 17.7 Å². The third kappa shape index (κ3) is 5.50. The zero-order valence-corrected chi connectivity index (χ0v) is 20.9. The maximum absolute atomic E-state index is 12.8. The number of amides is 1. The summed E-state index contributed by atoms with van der Waals surface area (Å²) in [5.41, 5.74) is 1.41. The van der Waals surface area contributed by atoms with Crippen LogP contribution in [0.2, 0.25) is 0 Å². The lowest BCUT2D eigenvalue weighted by molar-refractivity contribution is -0.120. The average Bonchev–Trinajstić information content (AvgIpc) is 3.59. The van der Waals surface area contributed by atoms with Gasteiger partial charge in [-0.1, -0.05) is 6.07 Å². The topological polar surface area (TPSA) is 117 Å². The van der Waals surface area contributed by atoms with Gasteiger partial charge in [0, 0.05) is 36.3 Å². The van der Waals surface area contributed by atoms with Crippen LogP contribution < -0.4 is 14.9 Å². The Morgan fingerprint density at radius 3 is 2.40 bits per heavy atom. The number of hydrogen-bond acceptors (Lipinski definition) is 9. The summed E-state index contributed by atoms with van der Waals surface area (Å²) in [5.74, 6) is 0.618. The zero-order valence-electron chi connectivity index (χ0n) is 18.5.